The maximum absolute atomic E-state index is 12.4. The van der Waals surface area contributed by atoms with Gasteiger partial charge in [-0.15, -0.1) is 10.2 Å². The fourth-order valence-corrected chi connectivity index (χ4v) is 4.43. The topological polar surface area (TPSA) is 131 Å². The number of halogens is 1. The molecule has 0 atom stereocenters. The van der Waals surface area contributed by atoms with Crippen LogP contribution in [0.2, 0.25) is 5.02 Å². The number of aryl methyl sites for hydroxylation is 1. The molecule has 0 unspecified atom stereocenters. The van der Waals surface area contributed by atoms with Crippen molar-refractivity contribution in [3.05, 3.63) is 64.2 Å². The number of nitrogens with zero attached hydrogens (tertiary/aromatic N) is 3. The third kappa shape index (κ3) is 7.78. The minimum Gasteiger partial charge on any atom is -0.493 e. The van der Waals surface area contributed by atoms with Gasteiger partial charge in [-0.25, -0.2) is 8.42 Å². The Labute approximate surface area is 211 Å². The van der Waals surface area contributed by atoms with Crippen LogP contribution < -0.4 is 14.8 Å². The molecular formula is C23H21ClN4O5S2. The van der Waals surface area contributed by atoms with Gasteiger partial charge in [-0.1, -0.05) is 46.7 Å². The molecule has 0 spiro atoms. The number of ether oxygens (including phenoxy) is 2. The number of hydrogen-bond acceptors (Lipinski definition) is 9. The number of sulfone groups is 1. The second-order valence-corrected chi connectivity index (χ2v) is 10.9. The minimum absolute atomic E-state index is 0.0373. The summed E-state index contributed by atoms with van der Waals surface area (Å²) in [4.78, 5) is 12.4. The molecule has 12 heteroatoms. The van der Waals surface area contributed by atoms with Crippen LogP contribution in [0.1, 0.15) is 17.5 Å². The number of anilines is 1. The predicted molar refractivity (Wildman–Crippen MR) is 133 cm³/mol. The normalized spacial score (nSPS) is 11.5. The van der Waals surface area contributed by atoms with Crippen molar-refractivity contribution in [3.63, 3.8) is 0 Å². The lowest BCUT2D eigenvalue weighted by Crippen LogP contribution is -2.13. The lowest BCUT2D eigenvalue weighted by atomic mass is 10.1. The van der Waals surface area contributed by atoms with Gasteiger partial charge in [0.1, 0.15) is 23.1 Å². The monoisotopic (exact) mass is 532 g/mol. The molecule has 1 heterocycles. The molecule has 0 saturated carbocycles. The van der Waals surface area contributed by atoms with Gasteiger partial charge >= 0.3 is 0 Å². The molecule has 9 nitrogen and oxygen atoms in total. The van der Waals surface area contributed by atoms with Crippen LogP contribution in [-0.4, -0.2) is 44.0 Å². The number of amides is 1. The van der Waals surface area contributed by atoms with E-state index in [0.717, 1.165) is 17.6 Å². The molecule has 1 N–H and O–H groups in total. The van der Waals surface area contributed by atoms with E-state index in [0.29, 0.717) is 47.3 Å². The van der Waals surface area contributed by atoms with Crippen LogP contribution in [0.15, 0.2) is 52.4 Å². The molecule has 35 heavy (non-hydrogen) atoms. The zero-order chi connectivity index (χ0) is 25.4. The van der Waals surface area contributed by atoms with E-state index in [9.17, 15) is 18.5 Å². The standard InChI is InChI=1S/C23H21ClN4O5S2/c1-15-4-7-18(8-5-15)32-10-3-11-33-20-9-6-16(13-19(20)24)12-17(14-25)21(29)26-22-27-28-23(34-22)35(2,30)31/h4-9,12-13H,3,10-11H2,1-2H3,(H,26,27,29). The summed E-state index contributed by atoms with van der Waals surface area (Å²) in [6.07, 6.45) is 2.98. The molecule has 0 aliphatic heterocycles. The lowest BCUT2D eigenvalue weighted by molar-refractivity contribution is -0.112. The Hall–Kier alpha value is -3.46. The Morgan fingerprint density at radius 2 is 1.89 bits per heavy atom. The second kappa shape index (κ2) is 11.8. The summed E-state index contributed by atoms with van der Waals surface area (Å²) in [5.41, 5.74) is 1.45. The number of hydrogen-bond donors (Lipinski definition) is 1. The van der Waals surface area contributed by atoms with Crippen LogP contribution in [0.4, 0.5) is 5.13 Å². The van der Waals surface area contributed by atoms with E-state index in [1.165, 1.54) is 6.08 Å². The quantitative estimate of drug-likeness (QED) is 0.177. The van der Waals surface area contributed by atoms with Crippen molar-refractivity contribution in [1.82, 2.24) is 10.2 Å². The molecular weight excluding hydrogens is 512 g/mol. The highest BCUT2D eigenvalue weighted by Crippen LogP contribution is 2.27. The number of aromatic nitrogens is 2. The molecule has 3 rings (SSSR count). The van der Waals surface area contributed by atoms with Gasteiger partial charge in [0, 0.05) is 12.7 Å². The number of carbonyl (C=O) groups excluding carboxylic acids is 1. The van der Waals surface area contributed by atoms with Gasteiger partial charge < -0.3 is 9.47 Å². The Kier molecular flexibility index (Phi) is 8.81. The number of nitrogens with one attached hydrogen (secondary N) is 1. The van der Waals surface area contributed by atoms with Crippen molar-refractivity contribution in [2.24, 2.45) is 0 Å². The zero-order valence-electron chi connectivity index (χ0n) is 18.8. The number of benzene rings is 2. The van der Waals surface area contributed by atoms with E-state index in [1.807, 2.05) is 31.2 Å². The SMILES string of the molecule is Cc1ccc(OCCCOc2ccc(C=C(C#N)C(=O)Nc3nnc(S(C)(=O)=O)s3)cc2Cl)cc1. The van der Waals surface area contributed by atoms with Crippen LogP contribution >= 0.6 is 22.9 Å². The summed E-state index contributed by atoms with van der Waals surface area (Å²) in [5.74, 6) is 0.502. The average molecular weight is 533 g/mol. The Morgan fingerprint density at radius 1 is 1.17 bits per heavy atom. The van der Waals surface area contributed by atoms with Crippen molar-refractivity contribution in [2.45, 2.75) is 17.7 Å². The Morgan fingerprint density at radius 3 is 2.51 bits per heavy atom. The largest absolute Gasteiger partial charge is 0.493 e. The number of carbonyl (C=O) groups is 1. The van der Waals surface area contributed by atoms with E-state index >= 15 is 0 Å². The Bertz CT molecular complexity index is 1380. The average Bonchev–Trinajstić information content (AvgIpc) is 3.28. The zero-order valence-corrected chi connectivity index (χ0v) is 21.2. The highest BCUT2D eigenvalue weighted by Gasteiger charge is 2.17. The molecule has 2 aromatic carbocycles. The van der Waals surface area contributed by atoms with Crippen LogP contribution in [0, 0.1) is 18.3 Å². The smallest absolute Gasteiger partial charge is 0.268 e. The highest BCUT2D eigenvalue weighted by molar-refractivity contribution is 7.92. The molecule has 0 aliphatic rings. The summed E-state index contributed by atoms with van der Waals surface area (Å²) in [6.45, 7) is 2.89. The van der Waals surface area contributed by atoms with E-state index in [-0.39, 0.29) is 15.0 Å². The van der Waals surface area contributed by atoms with Gasteiger partial charge in [-0.05, 0) is 42.8 Å². The van der Waals surface area contributed by atoms with Gasteiger partial charge in [0.05, 0.1) is 18.2 Å². The van der Waals surface area contributed by atoms with E-state index in [2.05, 4.69) is 15.5 Å². The first kappa shape index (κ1) is 26.2. The lowest BCUT2D eigenvalue weighted by Gasteiger charge is -2.10. The van der Waals surface area contributed by atoms with Crippen LogP contribution in [0.3, 0.4) is 0 Å². The molecule has 0 aliphatic carbocycles. The Balaban J connectivity index is 1.55. The maximum Gasteiger partial charge on any atom is 0.268 e. The fraction of sp³-hybridized carbons (Fsp3) is 0.217. The molecule has 1 aromatic heterocycles. The first-order chi connectivity index (χ1) is 16.7. The third-order valence-corrected chi connectivity index (χ3v) is 7.22. The maximum atomic E-state index is 12.4. The van der Waals surface area contributed by atoms with Gasteiger partial charge in [-0.2, -0.15) is 5.26 Å². The van der Waals surface area contributed by atoms with Crippen LogP contribution in [0.5, 0.6) is 11.5 Å². The predicted octanol–water partition coefficient (Wildman–Crippen LogP) is 4.30. The van der Waals surface area contributed by atoms with Gasteiger partial charge in [0.15, 0.2) is 0 Å². The molecule has 0 radical (unpaired) electrons. The van der Waals surface area contributed by atoms with E-state index in [4.69, 9.17) is 21.1 Å². The number of nitriles is 1. The first-order valence-electron chi connectivity index (χ1n) is 10.2. The molecule has 3 aromatic rings. The van der Waals surface area contributed by atoms with Crippen molar-refractivity contribution >= 4 is 49.9 Å². The van der Waals surface area contributed by atoms with E-state index < -0.39 is 15.7 Å². The van der Waals surface area contributed by atoms with E-state index in [1.54, 1.807) is 24.3 Å². The summed E-state index contributed by atoms with van der Waals surface area (Å²) in [6, 6.07) is 14.5. The molecule has 0 saturated heterocycles. The highest BCUT2D eigenvalue weighted by atomic mass is 35.5. The summed E-state index contributed by atoms with van der Waals surface area (Å²) < 4.78 is 34.1. The second-order valence-electron chi connectivity index (χ2n) is 7.32. The first-order valence-corrected chi connectivity index (χ1v) is 13.3. The van der Waals surface area contributed by atoms with Crippen molar-refractivity contribution < 1.29 is 22.7 Å². The minimum atomic E-state index is -3.55. The van der Waals surface area contributed by atoms with Crippen molar-refractivity contribution in [2.75, 3.05) is 24.8 Å². The van der Waals surface area contributed by atoms with Gasteiger partial charge in [0.25, 0.3) is 5.91 Å². The van der Waals surface area contributed by atoms with Crippen LogP contribution in [0.25, 0.3) is 6.08 Å². The van der Waals surface area contributed by atoms with Crippen LogP contribution in [-0.2, 0) is 14.6 Å². The van der Waals surface area contributed by atoms with Crippen molar-refractivity contribution in [1.29, 1.82) is 5.26 Å². The number of rotatable bonds is 10. The fourth-order valence-electron chi connectivity index (χ4n) is 2.68. The molecule has 182 valence electrons. The van der Waals surface area contributed by atoms with Gasteiger partial charge in [-0.3, -0.25) is 10.1 Å². The summed E-state index contributed by atoms with van der Waals surface area (Å²) in [5, 5.41) is 19.1. The summed E-state index contributed by atoms with van der Waals surface area (Å²) >= 11 is 6.98. The summed E-state index contributed by atoms with van der Waals surface area (Å²) in [7, 11) is -3.55. The molecule has 1 amide bonds. The van der Waals surface area contributed by atoms with Gasteiger partial charge in [0.2, 0.25) is 19.3 Å². The third-order valence-electron chi connectivity index (χ3n) is 4.41. The molecule has 0 bridgehead atoms. The van der Waals surface area contributed by atoms with Crippen molar-refractivity contribution in [3.8, 4) is 17.6 Å². The molecule has 0 fully saturated rings.